The van der Waals surface area contributed by atoms with Gasteiger partial charge in [-0.3, -0.25) is 10.1 Å². The van der Waals surface area contributed by atoms with Gasteiger partial charge in [-0.1, -0.05) is 41.7 Å². The number of anilines is 1. The van der Waals surface area contributed by atoms with Gasteiger partial charge in [-0.05, 0) is 19.4 Å². The predicted octanol–water partition coefficient (Wildman–Crippen LogP) is 3.27. The highest BCUT2D eigenvalue weighted by molar-refractivity contribution is 7.19. The summed E-state index contributed by atoms with van der Waals surface area (Å²) in [5.74, 6) is -0.332. The van der Waals surface area contributed by atoms with Gasteiger partial charge < -0.3 is 10.1 Å². The van der Waals surface area contributed by atoms with Gasteiger partial charge in [0.25, 0.3) is 0 Å². The summed E-state index contributed by atoms with van der Waals surface area (Å²) in [5.41, 5.74) is 1.05. The second kappa shape index (κ2) is 8.28. The fourth-order valence-electron chi connectivity index (χ4n) is 1.95. The molecule has 0 bridgehead atoms. The third-order valence-corrected chi connectivity index (χ3v) is 3.90. The normalized spacial score (nSPS) is 11.6. The lowest BCUT2D eigenvalue weighted by atomic mass is 10.2. The maximum absolute atomic E-state index is 11.9. The molecule has 0 spiro atoms. The van der Waals surface area contributed by atoms with E-state index in [0.717, 1.165) is 10.4 Å². The summed E-state index contributed by atoms with van der Waals surface area (Å²) in [5, 5.41) is 5.86. The first kappa shape index (κ1) is 17.0. The van der Waals surface area contributed by atoms with E-state index in [2.05, 4.69) is 15.6 Å². The van der Waals surface area contributed by atoms with Crippen LogP contribution in [0.5, 0.6) is 0 Å². The molecule has 2 amide bonds. The number of urea groups is 1. The zero-order valence-corrected chi connectivity index (χ0v) is 13.9. The van der Waals surface area contributed by atoms with Crippen molar-refractivity contribution in [3.8, 4) is 10.4 Å². The fraction of sp³-hybridized carbons (Fsp3) is 0.312. The summed E-state index contributed by atoms with van der Waals surface area (Å²) in [6.07, 6.45) is 1.85. The number of ether oxygens (including phenoxy) is 1. The third kappa shape index (κ3) is 5.37. The van der Waals surface area contributed by atoms with Crippen molar-refractivity contribution < 1.29 is 14.3 Å². The van der Waals surface area contributed by atoms with Gasteiger partial charge in [-0.25, -0.2) is 9.78 Å². The smallest absolute Gasteiger partial charge is 0.321 e. The zero-order valence-electron chi connectivity index (χ0n) is 13.0. The Kier molecular flexibility index (Phi) is 6.10. The molecule has 0 aliphatic carbocycles. The topological polar surface area (TPSA) is 80.3 Å². The van der Waals surface area contributed by atoms with Crippen LogP contribution in [0.3, 0.4) is 0 Å². The Labute approximate surface area is 138 Å². The number of esters is 1. The molecule has 2 rings (SSSR count). The first-order valence-corrected chi connectivity index (χ1v) is 8.14. The van der Waals surface area contributed by atoms with Gasteiger partial charge in [0, 0.05) is 12.2 Å². The number of amides is 2. The summed E-state index contributed by atoms with van der Waals surface area (Å²) >= 11 is 1.39. The molecule has 0 aliphatic heterocycles. The van der Waals surface area contributed by atoms with Gasteiger partial charge in [0.15, 0.2) is 5.13 Å². The number of aromatic nitrogens is 1. The van der Waals surface area contributed by atoms with Gasteiger partial charge in [-0.15, -0.1) is 0 Å². The molecule has 23 heavy (non-hydrogen) atoms. The van der Waals surface area contributed by atoms with Crippen molar-refractivity contribution in [2.45, 2.75) is 26.3 Å². The van der Waals surface area contributed by atoms with Crippen LogP contribution >= 0.6 is 11.3 Å². The van der Waals surface area contributed by atoms with E-state index in [0.29, 0.717) is 11.7 Å². The molecule has 1 heterocycles. The highest BCUT2D eigenvalue weighted by Crippen LogP contribution is 2.28. The molecular weight excluding hydrogens is 314 g/mol. The standard InChI is InChI=1S/C16H19N3O3S/c1-3-22-14(20)9-11(2)18-15(21)19-16-17-10-13(23-16)12-7-5-4-6-8-12/h4-8,10-11H,3,9H2,1-2H3,(H2,17,18,19,21)/t11-/m1/s1. The van der Waals surface area contributed by atoms with E-state index in [1.165, 1.54) is 11.3 Å². The molecule has 0 unspecified atom stereocenters. The Hall–Kier alpha value is -2.41. The van der Waals surface area contributed by atoms with E-state index in [1.807, 2.05) is 30.3 Å². The van der Waals surface area contributed by atoms with E-state index < -0.39 is 6.03 Å². The number of nitrogens with one attached hydrogen (secondary N) is 2. The minimum absolute atomic E-state index is 0.133. The van der Waals surface area contributed by atoms with Crippen LogP contribution in [0.2, 0.25) is 0 Å². The van der Waals surface area contributed by atoms with Crippen LogP contribution in [0.4, 0.5) is 9.93 Å². The van der Waals surface area contributed by atoms with Crippen molar-refractivity contribution in [3.63, 3.8) is 0 Å². The lowest BCUT2D eigenvalue weighted by molar-refractivity contribution is -0.143. The molecule has 1 atom stereocenters. The van der Waals surface area contributed by atoms with E-state index in [4.69, 9.17) is 4.74 Å². The Morgan fingerprint density at radius 2 is 2.04 bits per heavy atom. The van der Waals surface area contributed by atoms with E-state index in [9.17, 15) is 9.59 Å². The number of benzene rings is 1. The molecule has 0 aliphatic rings. The third-order valence-electron chi connectivity index (χ3n) is 2.94. The minimum Gasteiger partial charge on any atom is -0.466 e. The molecule has 2 aromatic rings. The van der Waals surface area contributed by atoms with Crippen molar-refractivity contribution in [3.05, 3.63) is 36.5 Å². The van der Waals surface area contributed by atoms with Crippen LogP contribution in [0.25, 0.3) is 10.4 Å². The SMILES string of the molecule is CCOC(=O)C[C@@H](C)NC(=O)Nc1ncc(-c2ccccc2)s1. The molecule has 1 aromatic carbocycles. The highest BCUT2D eigenvalue weighted by atomic mass is 32.1. The first-order valence-electron chi connectivity index (χ1n) is 7.33. The number of rotatable bonds is 6. The van der Waals surface area contributed by atoms with Crippen molar-refractivity contribution in [2.24, 2.45) is 0 Å². The van der Waals surface area contributed by atoms with Crippen molar-refractivity contribution in [2.75, 3.05) is 11.9 Å². The molecule has 1 aromatic heterocycles. The second-order valence-corrected chi connectivity index (χ2v) is 5.93. The number of hydrogen-bond donors (Lipinski definition) is 2. The molecule has 0 saturated carbocycles. The lowest BCUT2D eigenvalue weighted by Crippen LogP contribution is -2.37. The molecule has 7 heteroatoms. The molecule has 122 valence electrons. The molecular formula is C16H19N3O3S. The van der Waals surface area contributed by atoms with Gasteiger partial charge >= 0.3 is 12.0 Å². The number of thiazole rings is 1. The minimum atomic E-state index is -0.393. The lowest BCUT2D eigenvalue weighted by Gasteiger charge is -2.12. The van der Waals surface area contributed by atoms with E-state index >= 15 is 0 Å². The zero-order chi connectivity index (χ0) is 16.7. The van der Waals surface area contributed by atoms with E-state index in [1.54, 1.807) is 20.0 Å². The molecule has 0 fully saturated rings. The summed E-state index contributed by atoms with van der Waals surface area (Å²) in [4.78, 5) is 28.4. The number of hydrogen-bond acceptors (Lipinski definition) is 5. The Balaban J connectivity index is 1.86. The second-order valence-electron chi connectivity index (χ2n) is 4.90. The molecule has 2 N–H and O–H groups in total. The Morgan fingerprint density at radius 1 is 1.30 bits per heavy atom. The summed E-state index contributed by atoms with van der Waals surface area (Å²) < 4.78 is 4.84. The summed E-state index contributed by atoms with van der Waals surface area (Å²) in [6, 6.07) is 9.11. The quantitative estimate of drug-likeness (QED) is 0.795. The van der Waals surface area contributed by atoms with E-state index in [-0.39, 0.29) is 18.4 Å². The average Bonchev–Trinajstić information content (AvgIpc) is 2.96. The number of carbonyl (C=O) groups is 2. The fourth-order valence-corrected chi connectivity index (χ4v) is 2.76. The van der Waals surface area contributed by atoms with Gasteiger partial charge in [0.2, 0.25) is 0 Å². The van der Waals surface area contributed by atoms with Crippen LogP contribution in [0.15, 0.2) is 36.5 Å². The first-order chi connectivity index (χ1) is 11.1. The monoisotopic (exact) mass is 333 g/mol. The van der Waals surface area contributed by atoms with Crippen molar-refractivity contribution >= 4 is 28.5 Å². The number of nitrogens with zero attached hydrogens (tertiary/aromatic N) is 1. The van der Waals surface area contributed by atoms with Gasteiger partial charge in [0.05, 0.1) is 17.9 Å². The van der Waals surface area contributed by atoms with Crippen LogP contribution in [0, 0.1) is 0 Å². The predicted molar refractivity (Wildman–Crippen MR) is 90.4 cm³/mol. The molecule has 6 nitrogen and oxygen atoms in total. The van der Waals surface area contributed by atoms with Crippen LogP contribution in [-0.2, 0) is 9.53 Å². The van der Waals surface area contributed by atoms with Crippen LogP contribution in [0.1, 0.15) is 20.3 Å². The largest absolute Gasteiger partial charge is 0.466 e. The van der Waals surface area contributed by atoms with Crippen LogP contribution in [-0.4, -0.2) is 29.6 Å². The Bertz CT molecular complexity index is 658. The maximum Gasteiger partial charge on any atom is 0.321 e. The average molecular weight is 333 g/mol. The van der Waals surface area contributed by atoms with Gasteiger partial charge in [-0.2, -0.15) is 0 Å². The molecule has 0 radical (unpaired) electrons. The van der Waals surface area contributed by atoms with Gasteiger partial charge in [0.1, 0.15) is 0 Å². The van der Waals surface area contributed by atoms with Crippen molar-refractivity contribution in [1.82, 2.24) is 10.3 Å². The highest BCUT2D eigenvalue weighted by Gasteiger charge is 2.14. The Morgan fingerprint density at radius 3 is 2.74 bits per heavy atom. The summed E-state index contributed by atoms with van der Waals surface area (Å²) in [7, 11) is 0. The number of carbonyl (C=O) groups excluding carboxylic acids is 2. The van der Waals surface area contributed by atoms with Crippen LogP contribution < -0.4 is 10.6 Å². The summed E-state index contributed by atoms with van der Waals surface area (Å²) in [6.45, 7) is 3.82. The maximum atomic E-state index is 11.9. The molecule has 0 saturated heterocycles. The van der Waals surface area contributed by atoms with Crippen molar-refractivity contribution in [1.29, 1.82) is 0 Å².